The van der Waals surface area contributed by atoms with Crippen LogP contribution >= 0.6 is 11.8 Å². The Morgan fingerprint density at radius 3 is 2.75 bits per heavy atom. The van der Waals surface area contributed by atoms with E-state index in [1.165, 1.54) is 16.0 Å². The summed E-state index contributed by atoms with van der Waals surface area (Å²) in [5.74, 6) is 6.26. The SMILES string of the molecule is CCCc1c(NN)ncnc1Sc1cc(C)ccc1C. The van der Waals surface area contributed by atoms with Gasteiger partial charge in [0.15, 0.2) is 0 Å². The van der Waals surface area contributed by atoms with Gasteiger partial charge in [0, 0.05) is 10.5 Å². The van der Waals surface area contributed by atoms with Crippen LogP contribution in [0.3, 0.4) is 0 Å². The number of hydrogen-bond acceptors (Lipinski definition) is 5. The molecule has 3 N–H and O–H groups in total. The second-order valence-electron chi connectivity index (χ2n) is 4.77. The van der Waals surface area contributed by atoms with Crippen LogP contribution < -0.4 is 11.3 Å². The fourth-order valence-electron chi connectivity index (χ4n) is 2.01. The first-order chi connectivity index (χ1) is 9.65. The molecule has 0 aliphatic heterocycles. The predicted octanol–water partition coefficient (Wildman–Crippen LogP) is 3.48. The summed E-state index contributed by atoms with van der Waals surface area (Å²) in [4.78, 5) is 9.85. The number of nitrogens with zero attached hydrogens (tertiary/aromatic N) is 2. The van der Waals surface area contributed by atoms with Crippen LogP contribution in [-0.4, -0.2) is 9.97 Å². The van der Waals surface area contributed by atoms with Crippen molar-refractivity contribution >= 4 is 17.6 Å². The van der Waals surface area contributed by atoms with Gasteiger partial charge in [-0.3, -0.25) is 0 Å². The summed E-state index contributed by atoms with van der Waals surface area (Å²) in [7, 11) is 0. The molecule has 106 valence electrons. The Balaban J connectivity index is 2.39. The van der Waals surface area contributed by atoms with Crippen LogP contribution in [0.15, 0.2) is 34.4 Å². The van der Waals surface area contributed by atoms with E-state index < -0.39 is 0 Å². The first-order valence-corrected chi connectivity index (χ1v) is 7.53. The number of anilines is 1. The third-order valence-corrected chi connectivity index (χ3v) is 4.30. The summed E-state index contributed by atoms with van der Waals surface area (Å²) in [5, 5.41) is 0.975. The third kappa shape index (κ3) is 3.29. The number of rotatable bonds is 5. The van der Waals surface area contributed by atoms with E-state index in [9.17, 15) is 0 Å². The summed E-state index contributed by atoms with van der Waals surface area (Å²) < 4.78 is 0. The van der Waals surface area contributed by atoms with Crippen LogP contribution in [0.1, 0.15) is 30.0 Å². The zero-order valence-corrected chi connectivity index (χ0v) is 12.9. The van der Waals surface area contributed by atoms with Gasteiger partial charge in [-0.05, 0) is 37.5 Å². The van der Waals surface area contributed by atoms with E-state index >= 15 is 0 Å². The normalized spacial score (nSPS) is 10.6. The fraction of sp³-hybridized carbons (Fsp3) is 0.333. The van der Waals surface area contributed by atoms with E-state index in [0.29, 0.717) is 0 Å². The Labute approximate surface area is 124 Å². The van der Waals surface area contributed by atoms with Gasteiger partial charge in [-0.2, -0.15) is 0 Å². The maximum absolute atomic E-state index is 5.55. The Morgan fingerprint density at radius 1 is 1.25 bits per heavy atom. The number of nitrogens with one attached hydrogen (secondary N) is 1. The third-order valence-electron chi connectivity index (χ3n) is 3.09. The minimum absolute atomic E-state index is 0.717. The Morgan fingerprint density at radius 2 is 2.05 bits per heavy atom. The van der Waals surface area contributed by atoms with Crippen molar-refractivity contribution in [1.29, 1.82) is 0 Å². The van der Waals surface area contributed by atoms with Crippen molar-refractivity contribution in [2.75, 3.05) is 5.43 Å². The van der Waals surface area contributed by atoms with E-state index in [1.54, 1.807) is 18.1 Å². The molecule has 20 heavy (non-hydrogen) atoms. The van der Waals surface area contributed by atoms with Crippen molar-refractivity contribution in [1.82, 2.24) is 9.97 Å². The van der Waals surface area contributed by atoms with Crippen molar-refractivity contribution < 1.29 is 0 Å². The minimum Gasteiger partial charge on any atom is -0.308 e. The molecule has 2 rings (SSSR count). The molecule has 2 aromatic rings. The molecule has 0 radical (unpaired) electrons. The molecular formula is C15H20N4S. The van der Waals surface area contributed by atoms with Crippen molar-refractivity contribution in [3.63, 3.8) is 0 Å². The van der Waals surface area contributed by atoms with Crippen LogP contribution in [0.2, 0.25) is 0 Å². The second-order valence-corrected chi connectivity index (χ2v) is 5.80. The molecular weight excluding hydrogens is 268 g/mol. The molecule has 0 aliphatic rings. The molecule has 0 fully saturated rings. The quantitative estimate of drug-likeness (QED) is 0.501. The van der Waals surface area contributed by atoms with Crippen molar-refractivity contribution in [3.05, 3.63) is 41.2 Å². The molecule has 4 nitrogen and oxygen atoms in total. The number of aromatic nitrogens is 2. The van der Waals surface area contributed by atoms with Crippen molar-refractivity contribution in [2.24, 2.45) is 5.84 Å². The molecule has 5 heteroatoms. The smallest absolute Gasteiger partial charge is 0.147 e. The molecule has 1 aromatic heterocycles. The summed E-state index contributed by atoms with van der Waals surface area (Å²) in [5.41, 5.74) is 6.26. The maximum Gasteiger partial charge on any atom is 0.147 e. The monoisotopic (exact) mass is 288 g/mol. The van der Waals surface area contributed by atoms with Gasteiger partial charge in [0.2, 0.25) is 0 Å². The van der Waals surface area contributed by atoms with Gasteiger partial charge in [0.25, 0.3) is 0 Å². The lowest BCUT2D eigenvalue weighted by Gasteiger charge is -2.12. The largest absolute Gasteiger partial charge is 0.308 e. The fourth-order valence-corrected chi connectivity index (χ4v) is 3.11. The van der Waals surface area contributed by atoms with Gasteiger partial charge in [0.1, 0.15) is 17.2 Å². The molecule has 1 heterocycles. The van der Waals surface area contributed by atoms with Gasteiger partial charge in [-0.25, -0.2) is 15.8 Å². The van der Waals surface area contributed by atoms with Crippen LogP contribution in [0.5, 0.6) is 0 Å². The van der Waals surface area contributed by atoms with E-state index in [2.05, 4.69) is 54.4 Å². The van der Waals surface area contributed by atoms with Crippen molar-refractivity contribution in [3.8, 4) is 0 Å². The highest BCUT2D eigenvalue weighted by Crippen LogP contribution is 2.34. The van der Waals surface area contributed by atoms with Crippen LogP contribution in [0.25, 0.3) is 0 Å². The standard InChI is InChI=1S/C15H20N4S/c1-4-5-12-14(19-16)17-9-18-15(12)20-13-8-10(2)6-7-11(13)3/h6-9H,4-5,16H2,1-3H3,(H,17,18,19). The molecule has 0 amide bonds. The summed E-state index contributed by atoms with van der Waals surface area (Å²) >= 11 is 1.68. The zero-order valence-electron chi connectivity index (χ0n) is 12.1. The van der Waals surface area contributed by atoms with E-state index in [4.69, 9.17) is 5.84 Å². The summed E-state index contributed by atoms with van der Waals surface area (Å²) in [6.07, 6.45) is 3.50. The van der Waals surface area contributed by atoms with Gasteiger partial charge < -0.3 is 5.43 Å². The highest BCUT2D eigenvalue weighted by molar-refractivity contribution is 7.99. The number of hydrazine groups is 1. The Hall–Kier alpha value is -1.59. The highest BCUT2D eigenvalue weighted by atomic mass is 32.2. The molecule has 0 unspecified atom stereocenters. The Bertz CT molecular complexity index is 598. The second kappa shape index (κ2) is 6.72. The summed E-state index contributed by atoms with van der Waals surface area (Å²) in [6, 6.07) is 6.45. The molecule has 0 bridgehead atoms. The lowest BCUT2D eigenvalue weighted by Crippen LogP contribution is -2.12. The van der Waals surface area contributed by atoms with Gasteiger partial charge in [-0.1, -0.05) is 37.2 Å². The number of nitrogens with two attached hydrogens (primary N) is 1. The molecule has 0 saturated heterocycles. The number of nitrogen functional groups attached to an aromatic ring is 1. The topological polar surface area (TPSA) is 63.8 Å². The number of hydrogen-bond donors (Lipinski definition) is 2. The molecule has 1 aromatic carbocycles. The molecule has 0 spiro atoms. The first-order valence-electron chi connectivity index (χ1n) is 6.71. The van der Waals surface area contributed by atoms with E-state index in [1.807, 2.05) is 0 Å². The average Bonchev–Trinajstić information content (AvgIpc) is 2.45. The number of aryl methyl sites for hydroxylation is 2. The predicted molar refractivity (Wildman–Crippen MR) is 83.9 cm³/mol. The molecule has 0 atom stereocenters. The lowest BCUT2D eigenvalue weighted by atomic mass is 10.2. The van der Waals surface area contributed by atoms with Gasteiger partial charge in [0.05, 0.1) is 0 Å². The highest BCUT2D eigenvalue weighted by Gasteiger charge is 2.12. The average molecular weight is 288 g/mol. The van der Waals surface area contributed by atoms with Crippen LogP contribution in [0.4, 0.5) is 5.82 Å². The van der Waals surface area contributed by atoms with Crippen LogP contribution in [0, 0.1) is 13.8 Å². The maximum atomic E-state index is 5.55. The van der Waals surface area contributed by atoms with Gasteiger partial charge >= 0.3 is 0 Å². The summed E-state index contributed by atoms with van der Waals surface area (Å²) in [6.45, 7) is 6.35. The Kier molecular flexibility index (Phi) is 4.98. The first kappa shape index (κ1) is 14.8. The molecule has 0 aliphatic carbocycles. The van der Waals surface area contributed by atoms with E-state index in [-0.39, 0.29) is 0 Å². The van der Waals surface area contributed by atoms with Gasteiger partial charge in [-0.15, -0.1) is 0 Å². The van der Waals surface area contributed by atoms with E-state index in [0.717, 1.165) is 29.2 Å². The number of benzene rings is 1. The lowest BCUT2D eigenvalue weighted by molar-refractivity contribution is 0.856. The minimum atomic E-state index is 0.717. The van der Waals surface area contributed by atoms with Crippen molar-refractivity contribution in [2.45, 2.75) is 43.5 Å². The zero-order chi connectivity index (χ0) is 14.5. The molecule has 0 saturated carbocycles. The van der Waals surface area contributed by atoms with Crippen LogP contribution in [-0.2, 0) is 6.42 Å².